The van der Waals surface area contributed by atoms with Gasteiger partial charge >= 0.3 is 5.97 Å². The SMILES string of the molecule is CCOC(=O)c1cc(C(=O)/C=C/N(C)C)[nH]c1-c1ccc(Cl)cc1Cl. The van der Waals surface area contributed by atoms with Crippen LogP contribution < -0.4 is 0 Å². The van der Waals surface area contributed by atoms with E-state index in [4.69, 9.17) is 27.9 Å². The first kappa shape index (κ1) is 19.1. The number of hydrogen-bond donors (Lipinski definition) is 1. The number of carbonyl (C=O) groups excluding carboxylic acids is 2. The molecule has 5 nitrogen and oxygen atoms in total. The number of allylic oxidation sites excluding steroid dienone is 1. The minimum absolute atomic E-state index is 0.224. The fraction of sp³-hybridized carbons (Fsp3) is 0.222. The molecule has 1 aromatic carbocycles. The lowest BCUT2D eigenvalue weighted by molar-refractivity contribution is 0.0527. The first-order chi connectivity index (χ1) is 11.8. The van der Waals surface area contributed by atoms with E-state index in [1.807, 2.05) is 0 Å². The number of rotatable bonds is 6. The van der Waals surface area contributed by atoms with Crippen molar-refractivity contribution in [2.75, 3.05) is 20.7 Å². The molecule has 0 saturated carbocycles. The summed E-state index contributed by atoms with van der Waals surface area (Å²) in [6.45, 7) is 1.94. The van der Waals surface area contributed by atoms with E-state index in [0.717, 1.165) is 0 Å². The van der Waals surface area contributed by atoms with Gasteiger partial charge in [-0.15, -0.1) is 0 Å². The summed E-state index contributed by atoms with van der Waals surface area (Å²) in [5, 5.41) is 0.839. The molecule has 0 bridgehead atoms. The van der Waals surface area contributed by atoms with Gasteiger partial charge in [0, 0.05) is 37.0 Å². The number of aromatic amines is 1. The van der Waals surface area contributed by atoms with Crippen LogP contribution >= 0.6 is 23.2 Å². The van der Waals surface area contributed by atoms with Crippen LogP contribution in [0.15, 0.2) is 36.5 Å². The number of benzene rings is 1. The number of ketones is 1. The van der Waals surface area contributed by atoms with Crippen molar-refractivity contribution in [2.24, 2.45) is 0 Å². The Kier molecular flexibility index (Phi) is 6.28. The van der Waals surface area contributed by atoms with Crippen LogP contribution in [0.2, 0.25) is 10.0 Å². The maximum atomic E-state index is 12.3. The average Bonchev–Trinajstić information content (AvgIpc) is 2.98. The van der Waals surface area contributed by atoms with Crippen LogP contribution in [0.4, 0.5) is 0 Å². The van der Waals surface area contributed by atoms with Crippen molar-refractivity contribution in [1.82, 2.24) is 9.88 Å². The van der Waals surface area contributed by atoms with Crippen molar-refractivity contribution in [3.63, 3.8) is 0 Å². The molecule has 0 fully saturated rings. The Morgan fingerprint density at radius 2 is 1.96 bits per heavy atom. The Labute approximate surface area is 156 Å². The number of nitrogens with one attached hydrogen (secondary N) is 1. The Hall–Kier alpha value is -2.24. The molecule has 0 aliphatic heterocycles. The number of aromatic nitrogens is 1. The van der Waals surface area contributed by atoms with E-state index in [0.29, 0.717) is 21.3 Å². The van der Waals surface area contributed by atoms with Crippen LogP contribution in [0.5, 0.6) is 0 Å². The number of H-pyrrole nitrogens is 1. The Morgan fingerprint density at radius 3 is 2.56 bits per heavy atom. The second-order valence-corrected chi connectivity index (χ2v) is 6.30. The van der Waals surface area contributed by atoms with Crippen LogP contribution in [0, 0.1) is 0 Å². The highest BCUT2D eigenvalue weighted by Crippen LogP contribution is 2.33. The molecule has 0 amide bonds. The number of esters is 1. The molecule has 0 unspecified atom stereocenters. The minimum atomic E-state index is -0.532. The van der Waals surface area contributed by atoms with Gasteiger partial charge in [-0.2, -0.15) is 0 Å². The molecular formula is C18H18Cl2N2O3. The van der Waals surface area contributed by atoms with Gasteiger partial charge in [-0.1, -0.05) is 23.2 Å². The second-order valence-electron chi connectivity index (χ2n) is 5.46. The molecule has 0 saturated heterocycles. The summed E-state index contributed by atoms with van der Waals surface area (Å²) in [6, 6.07) is 6.39. The summed E-state index contributed by atoms with van der Waals surface area (Å²) in [5.41, 5.74) is 1.49. The highest BCUT2D eigenvalue weighted by atomic mass is 35.5. The van der Waals surface area contributed by atoms with Crippen molar-refractivity contribution >= 4 is 35.0 Å². The van der Waals surface area contributed by atoms with Crippen molar-refractivity contribution in [3.05, 3.63) is 57.8 Å². The molecular weight excluding hydrogens is 363 g/mol. The number of carbonyl (C=O) groups is 2. The van der Waals surface area contributed by atoms with Gasteiger partial charge in [-0.05, 0) is 31.2 Å². The summed E-state index contributed by atoms with van der Waals surface area (Å²) in [4.78, 5) is 29.3. The molecule has 0 atom stereocenters. The van der Waals surface area contributed by atoms with Crippen molar-refractivity contribution in [1.29, 1.82) is 0 Å². The number of halogens is 2. The Morgan fingerprint density at radius 1 is 1.24 bits per heavy atom. The predicted octanol–water partition coefficient (Wildman–Crippen LogP) is 4.42. The number of ether oxygens (including phenoxy) is 1. The first-order valence-corrected chi connectivity index (χ1v) is 8.33. The molecule has 132 valence electrons. The van der Waals surface area contributed by atoms with E-state index in [-0.39, 0.29) is 23.6 Å². The molecule has 1 N–H and O–H groups in total. The van der Waals surface area contributed by atoms with Gasteiger partial charge in [0.15, 0.2) is 0 Å². The number of nitrogens with zero attached hydrogens (tertiary/aromatic N) is 1. The third kappa shape index (κ3) is 4.65. The molecule has 2 rings (SSSR count). The second kappa shape index (κ2) is 8.23. The van der Waals surface area contributed by atoms with Gasteiger partial charge in [0.25, 0.3) is 0 Å². The summed E-state index contributed by atoms with van der Waals surface area (Å²) >= 11 is 12.2. The molecule has 7 heteroatoms. The zero-order valence-electron chi connectivity index (χ0n) is 14.1. The van der Waals surface area contributed by atoms with E-state index < -0.39 is 5.97 Å². The van der Waals surface area contributed by atoms with E-state index in [2.05, 4.69) is 4.98 Å². The lowest BCUT2D eigenvalue weighted by Crippen LogP contribution is -2.05. The maximum absolute atomic E-state index is 12.3. The fourth-order valence-corrected chi connectivity index (χ4v) is 2.67. The van der Waals surface area contributed by atoms with Crippen LogP contribution in [0.1, 0.15) is 27.8 Å². The summed E-state index contributed by atoms with van der Waals surface area (Å²) < 4.78 is 5.08. The lowest BCUT2D eigenvalue weighted by atomic mass is 10.1. The first-order valence-electron chi connectivity index (χ1n) is 7.58. The molecule has 0 radical (unpaired) electrons. The Bertz CT molecular complexity index is 826. The van der Waals surface area contributed by atoms with Gasteiger partial charge in [0.05, 0.1) is 28.6 Å². The molecule has 25 heavy (non-hydrogen) atoms. The normalized spacial score (nSPS) is 10.9. The third-order valence-corrected chi connectivity index (χ3v) is 3.85. The van der Waals surface area contributed by atoms with Gasteiger partial charge in [-0.3, -0.25) is 4.79 Å². The lowest BCUT2D eigenvalue weighted by Gasteiger charge is -2.06. The molecule has 0 aliphatic rings. The molecule has 2 aromatic rings. The van der Waals surface area contributed by atoms with E-state index in [1.165, 1.54) is 12.1 Å². The monoisotopic (exact) mass is 380 g/mol. The van der Waals surface area contributed by atoms with Crippen LogP contribution in [0.3, 0.4) is 0 Å². The van der Waals surface area contributed by atoms with Crippen LogP contribution in [0.25, 0.3) is 11.3 Å². The molecule has 1 heterocycles. The van der Waals surface area contributed by atoms with Crippen molar-refractivity contribution in [2.45, 2.75) is 6.92 Å². The summed E-state index contributed by atoms with van der Waals surface area (Å²) in [7, 11) is 3.61. The highest BCUT2D eigenvalue weighted by Gasteiger charge is 2.21. The minimum Gasteiger partial charge on any atom is -0.462 e. The Balaban J connectivity index is 2.53. The van der Waals surface area contributed by atoms with E-state index in [9.17, 15) is 9.59 Å². The van der Waals surface area contributed by atoms with Gasteiger partial charge in [0.1, 0.15) is 0 Å². The zero-order valence-corrected chi connectivity index (χ0v) is 15.6. The third-order valence-electron chi connectivity index (χ3n) is 3.30. The van der Waals surface area contributed by atoms with Crippen LogP contribution in [-0.2, 0) is 4.74 Å². The summed E-state index contributed by atoms with van der Waals surface area (Å²) in [6.07, 6.45) is 3.04. The van der Waals surface area contributed by atoms with Crippen molar-refractivity contribution in [3.8, 4) is 11.3 Å². The number of hydrogen-bond acceptors (Lipinski definition) is 4. The quantitative estimate of drug-likeness (QED) is 0.457. The molecule has 0 spiro atoms. The largest absolute Gasteiger partial charge is 0.462 e. The predicted molar refractivity (Wildman–Crippen MR) is 99.4 cm³/mol. The van der Waals surface area contributed by atoms with Crippen LogP contribution in [-0.4, -0.2) is 42.3 Å². The summed E-state index contributed by atoms with van der Waals surface area (Å²) in [5.74, 6) is -0.800. The van der Waals surface area contributed by atoms with Gasteiger partial charge < -0.3 is 14.6 Å². The van der Waals surface area contributed by atoms with Gasteiger partial charge in [0.2, 0.25) is 5.78 Å². The fourth-order valence-electron chi connectivity index (χ4n) is 2.17. The van der Waals surface area contributed by atoms with Crippen molar-refractivity contribution < 1.29 is 14.3 Å². The topological polar surface area (TPSA) is 62.4 Å². The highest BCUT2D eigenvalue weighted by molar-refractivity contribution is 6.36. The van der Waals surface area contributed by atoms with E-state index >= 15 is 0 Å². The molecule has 1 aromatic heterocycles. The molecule has 0 aliphatic carbocycles. The maximum Gasteiger partial charge on any atom is 0.340 e. The zero-order chi connectivity index (χ0) is 18.6. The van der Waals surface area contributed by atoms with E-state index in [1.54, 1.807) is 50.3 Å². The average molecular weight is 381 g/mol. The smallest absolute Gasteiger partial charge is 0.340 e. The standard InChI is InChI=1S/C18H18Cl2N2O3/c1-4-25-18(24)13-10-15(16(23)7-8-22(2)3)21-17(13)12-6-5-11(19)9-14(12)20/h5-10,21H,4H2,1-3H3/b8-7+. The van der Waals surface area contributed by atoms with Gasteiger partial charge in [-0.25, -0.2) is 4.79 Å².